The van der Waals surface area contributed by atoms with Crippen molar-refractivity contribution in [2.24, 2.45) is 0 Å². The maximum atomic E-state index is 12.9. The van der Waals surface area contributed by atoms with Crippen LogP contribution in [-0.2, 0) is 11.3 Å². The number of para-hydroxylation sites is 1. The molecule has 1 saturated carbocycles. The van der Waals surface area contributed by atoms with Crippen LogP contribution in [0.15, 0.2) is 65.8 Å². The monoisotopic (exact) mass is 472 g/mol. The molecule has 8 heteroatoms. The van der Waals surface area contributed by atoms with Gasteiger partial charge in [0.15, 0.2) is 11.0 Å². The number of nitrogens with one attached hydrogen (secondary N) is 1. The summed E-state index contributed by atoms with van der Waals surface area (Å²) in [6, 6.07) is 20.2. The van der Waals surface area contributed by atoms with Gasteiger partial charge in [0.2, 0.25) is 5.91 Å². The second kappa shape index (κ2) is 9.85. The topological polar surface area (TPSA) is 77.6 Å². The second-order valence-corrected chi connectivity index (χ2v) is 9.58. The van der Waals surface area contributed by atoms with Crippen molar-refractivity contribution in [3.63, 3.8) is 0 Å². The molecular formula is C26H28N6OS. The fourth-order valence-corrected chi connectivity index (χ4v) is 4.72. The van der Waals surface area contributed by atoms with Crippen LogP contribution in [0.2, 0.25) is 0 Å². The van der Waals surface area contributed by atoms with Crippen molar-refractivity contribution in [1.29, 1.82) is 0 Å². The van der Waals surface area contributed by atoms with Crippen molar-refractivity contribution >= 4 is 23.5 Å². The number of aromatic nitrogens is 5. The molecule has 0 radical (unpaired) electrons. The third kappa shape index (κ3) is 4.92. The molecule has 0 bridgehead atoms. The number of carbonyl (C=O) groups is 1. The van der Waals surface area contributed by atoms with Gasteiger partial charge in [0.25, 0.3) is 0 Å². The van der Waals surface area contributed by atoms with E-state index in [1.165, 1.54) is 17.3 Å². The summed E-state index contributed by atoms with van der Waals surface area (Å²) in [5, 5.41) is 17.4. The van der Waals surface area contributed by atoms with Gasteiger partial charge in [-0.15, -0.1) is 10.2 Å². The maximum absolute atomic E-state index is 12.9. The van der Waals surface area contributed by atoms with Gasteiger partial charge in [-0.3, -0.25) is 4.79 Å². The first-order chi connectivity index (χ1) is 16.6. The highest BCUT2D eigenvalue weighted by molar-refractivity contribution is 7.99. The van der Waals surface area contributed by atoms with Crippen LogP contribution in [0.25, 0.3) is 17.1 Å². The van der Waals surface area contributed by atoms with Gasteiger partial charge in [-0.2, -0.15) is 5.10 Å². The first-order valence-electron chi connectivity index (χ1n) is 11.7. The zero-order valence-electron chi connectivity index (χ0n) is 19.4. The van der Waals surface area contributed by atoms with E-state index < -0.39 is 0 Å². The van der Waals surface area contributed by atoms with E-state index in [0.717, 1.165) is 53.7 Å². The van der Waals surface area contributed by atoms with Crippen LogP contribution in [0.3, 0.4) is 0 Å². The molecular weight excluding hydrogens is 444 g/mol. The summed E-state index contributed by atoms with van der Waals surface area (Å²) >= 11 is 1.41. The molecule has 1 amide bonds. The molecule has 2 aromatic carbocycles. The van der Waals surface area contributed by atoms with Gasteiger partial charge in [0.05, 0.1) is 17.1 Å². The van der Waals surface area contributed by atoms with Gasteiger partial charge >= 0.3 is 0 Å². The number of hydrogen-bond donors (Lipinski definition) is 1. The van der Waals surface area contributed by atoms with Crippen LogP contribution in [0.1, 0.15) is 43.4 Å². The highest BCUT2D eigenvalue weighted by Gasteiger charge is 2.28. The number of aryl methyl sites for hydroxylation is 1. The van der Waals surface area contributed by atoms with E-state index in [9.17, 15) is 4.79 Å². The van der Waals surface area contributed by atoms with Gasteiger partial charge in [-0.1, -0.05) is 60.6 Å². The maximum Gasteiger partial charge on any atom is 0.236 e. The number of benzene rings is 2. The molecule has 5 rings (SSSR count). The van der Waals surface area contributed by atoms with Gasteiger partial charge in [0.1, 0.15) is 5.82 Å². The fraction of sp³-hybridized carbons (Fsp3) is 0.308. The van der Waals surface area contributed by atoms with Crippen LogP contribution < -0.4 is 5.32 Å². The molecule has 34 heavy (non-hydrogen) atoms. The number of anilines is 1. The lowest BCUT2D eigenvalue weighted by Crippen LogP contribution is -2.17. The van der Waals surface area contributed by atoms with E-state index in [2.05, 4.69) is 46.1 Å². The third-order valence-corrected chi connectivity index (χ3v) is 6.73. The number of hydrogen-bond acceptors (Lipinski definition) is 5. The predicted molar refractivity (Wildman–Crippen MR) is 135 cm³/mol. The van der Waals surface area contributed by atoms with Gasteiger partial charge in [0, 0.05) is 24.1 Å². The normalized spacial score (nSPS) is 13.2. The van der Waals surface area contributed by atoms with Gasteiger partial charge in [-0.05, 0) is 44.4 Å². The third-order valence-electron chi connectivity index (χ3n) is 5.76. The Morgan fingerprint density at radius 2 is 1.91 bits per heavy atom. The van der Waals surface area contributed by atoms with E-state index >= 15 is 0 Å². The molecule has 2 aromatic heterocycles. The molecule has 0 unspecified atom stereocenters. The van der Waals surface area contributed by atoms with Crippen LogP contribution in [0, 0.1) is 6.92 Å². The number of thioether (sulfide) groups is 1. The van der Waals surface area contributed by atoms with Crippen molar-refractivity contribution in [3.8, 4) is 17.1 Å². The largest absolute Gasteiger partial charge is 0.310 e. The SMILES string of the molecule is CCCn1c(SCC(=O)Nc2cc(C3CC3)nn2-c2ccccc2)nnc1-c1cccc(C)c1. The first-order valence-corrected chi connectivity index (χ1v) is 12.7. The highest BCUT2D eigenvalue weighted by atomic mass is 32.2. The first kappa shape index (κ1) is 22.4. The average molecular weight is 473 g/mol. The van der Waals surface area contributed by atoms with Crippen LogP contribution in [-0.4, -0.2) is 36.2 Å². The van der Waals surface area contributed by atoms with Crippen molar-refractivity contribution in [2.45, 2.75) is 50.7 Å². The molecule has 7 nitrogen and oxygen atoms in total. The smallest absolute Gasteiger partial charge is 0.236 e. The lowest BCUT2D eigenvalue weighted by Gasteiger charge is -2.10. The van der Waals surface area contributed by atoms with Crippen LogP contribution in [0.4, 0.5) is 5.82 Å². The number of rotatable bonds is 9. The second-order valence-electron chi connectivity index (χ2n) is 8.64. The minimum atomic E-state index is -0.0902. The zero-order valence-corrected chi connectivity index (χ0v) is 20.3. The molecule has 174 valence electrons. The Morgan fingerprint density at radius 1 is 1.09 bits per heavy atom. The molecule has 0 saturated heterocycles. The van der Waals surface area contributed by atoms with Crippen LogP contribution >= 0.6 is 11.8 Å². The van der Waals surface area contributed by atoms with E-state index in [1.54, 1.807) is 0 Å². The van der Waals surface area contributed by atoms with E-state index in [-0.39, 0.29) is 11.7 Å². The summed E-state index contributed by atoms with van der Waals surface area (Å²) in [5.41, 5.74) is 4.19. The van der Waals surface area contributed by atoms with E-state index in [4.69, 9.17) is 5.10 Å². The Morgan fingerprint density at radius 3 is 2.65 bits per heavy atom. The average Bonchev–Trinajstić information content (AvgIpc) is 3.50. The molecule has 2 heterocycles. The summed E-state index contributed by atoms with van der Waals surface area (Å²) in [6.45, 7) is 4.99. The van der Waals surface area contributed by atoms with E-state index in [0.29, 0.717) is 11.7 Å². The Labute approximate surface area is 203 Å². The zero-order chi connectivity index (χ0) is 23.5. The molecule has 1 fully saturated rings. The van der Waals surface area contributed by atoms with Gasteiger partial charge < -0.3 is 9.88 Å². The summed E-state index contributed by atoms with van der Waals surface area (Å²) < 4.78 is 3.93. The molecule has 0 aliphatic heterocycles. The molecule has 4 aromatic rings. The summed E-state index contributed by atoms with van der Waals surface area (Å²) in [6.07, 6.45) is 3.27. The lowest BCUT2D eigenvalue weighted by molar-refractivity contribution is -0.113. The van der Waals surface area contributed by atoms with Gasteiger partial charge in [-0.25, -0.2) is 4.68 Å². The van der Waals surface area contributed by atoms with Crippen molar-refractivity contribution in [3.05, 3.63) is 71.9 Å². The summed E-state index contributed by atoms with van der Waals surface area (Å²) in [4.78, 5) is 12.9. The predicted octanol–water partition coefficient (Wildman–Crippen LogP) is 5.46. The minimum Gasteiger partial charge on any atom is -0.310 e. The summed E-state index contributed by atoms with van der Waals surface area (Å²) in [5.74, 6) is 2.20. The molecule has 1 aliphatic rings. The minimum absolute atomic E-state index is 0.0902. The lowest BCUT2D eigenvalue weighted by atomic mass is 10.1. The fourth-order valence-electron chi connectivity index (χ4n) is 3.96. The Bertz CT molecular complexity index is 1290. The highest BCUT2D eigenvalue weighted by Crippen LogP contribution is 2.40. The number of carbonyl (C=O) groups excluding carboxylic acids is 1. The quantitative estimate of drug-likeness (QED) is 0.328. The molecule has 1 N–H and O–H groups in total. The summed E-state index contributed by atoms with van der Waals surface area (Å²) in [7, 11) is 0. The van der Waals surface area contributed by atoms with Crippen LogP contribution in [0.5, 0.6) is 0 Å². The Hall–Kier alpha value is -3.39. The van der Waals surface area contributed by atoms with Crippen molar-refractivity contribution < 1.29 is 4.79 Å². The number of nitrogens with zero attached hydrogens (tertiary/aromatic N) is 5. The number of amides is 1. The van der Waals surface area contributed by atoms with Crippen molar-refractivity contribution in [1.82, 2.24) is 24.5 Å². The standard InChI is InChI=1S/C26H28N6OS/c1-3-14-31-25(20-9-7-8-18(2)15-20)28-29-26(31)34-17-24(33)27-23-16-22(19-12-13-19)30-32(23)21-10-5-4-6-11-21/h4-11,15-16,19H,3,12-14,17H2,1-2H3,(H,27,33). The Balaban J connectivity index is 1.32. The van der Waals surface area contributed by atoms with E-state index in [1.807, 2.05) is 53.2 Å². The molecule has 0 spiro atoms. The van der Waals surface area contributed by atoms with Crippen molar-refractivity contribution in [2.75, 3.05) is 11.1 Å². The molecule has 1 aliphatic carbocycles. The Kier molecular flexibility index (Phi) is 6.49. The molecule has 0 atom stereocenters.